The summed E-state index contributed by atoms with van der Waals surface area (Å²) in [5, 5.41) is 5.05. The highest BCUT2D eigenvalue weighted by atomic mass is 15.1. The zero-order chi connectivity index (χ0) is 35.8. The lowest BCUT2D eigenvalue weighted by molar-refractivity contribution is 1.17. The Hall–Kier alpha value is -7.16. The van der Waals surface area contributed by atoms with Gasteiger partial charge in [0.2, 0.25) is 0 Å². The number of benzene rings is 9. The van der Waals surface area contributed by atoms with E-state index in [0.717, 1.165) is 22.7 Å². The van der Waals surface area contributed by atoms with Gasteiger partial charge in [-0.3, -0.25) is 0 Å². The highest BCUT2D eigenvalue weighted by Crippen LogP contribution is 2.40. The van der Waals surface area contributed by atoms with Gasteiger partial charge >= 0.3 is 0 Å². The first-order valence-corrected chi connectivity index (χ1v) is 18.5. The Morgan fingerprint density at radius 2 is 0.778 bits per heavy atom. The van der Waals surface area contributed by atoms with Gasteiger partial charge in [-0.2, -0.15) is 0 Å². The van der Waals surface area contributed by atoms with E-state index in [1.807, 2.05) is 0 Å². The van der Waals surface area contributed by atoms with Crippen LogP contribution in [0, 0.1) is 0 Å². The van der Waals surface area contributed by atoms with Crippen molar-refractivity contribution in [3.63, 3.8) is 0 Å². The van der Waals surface area contributed by atoms with Crippen molar-refractivity contribution in [1.29, 1.82) is 0 Å². The van der Waals surface area contributed by atoms with Crippen LogP contribution in [0.4, 0.5) is 17.1 Å². The number of anilines is 3. The number of hydrogen-bond acceptors (Lipinski definition) is 1. The zero-order valence-electron chi connectivity index (χ0n) is 29.7. The van der Waals surface area contributed by atoms with Gasteiger partial charge in [0.05, 0.1) is 11.0 Å². The second-order valence-corrected chi connectivity index (χ2v) is 13.8. The van der Waals surface area contributed by atoms with Crippen LogP contribution in [0.1, 0.15) is 0 Å². The Morgan fingerprint density at radius 1 is 0.315 bits per heavy atom. The van der Waals surface area contributed by atoms with Gasteiger partial charge in [-0.15, -0.1) is 0 Å². The Balaban J connectivity index is 1.01. The van der Waals surface area contributed by atoms with E-state index in [-0.39, 0.29) is 0 Å². The van der Waals surface area contributed by atoms with E-state index in [0.29, 0.717) is 0 Å². The van der Waals surface area contributed by atoms with Gasteiger partial charge in [0.1, 0.15) is 0 Å². The molecule has 0 atom stereocenters. The topological polar surface area (TPSA) is 8.17 Å². The third-order valence-electron chi connectivity index (χ3n) is 10.6. The number of fused-ring (bicyclic) bond motifs is 4. The third-order valence-corrected chi connectivity index (χ3v) is 10.6. The SMILES string of the molecule is c1ccc(-c2cccc3cccc(-c4ccc(-c5ccc(N(c6ccccc6)c6cccc(-n7c8ccccc8c8ccccc87)c6)cc5)cc4)c23)cc1. The molecule has 1 heterocycles. The highest BCUT2D eigenvalue weighted by molar-refractivity contribution is 6.09. The molecule has 9 aromatic carbocycles. The second-order valence-electron chi connectivity index (χ2n) is 13.8. The lowest BCUT2D eigenvalue weighted by atomic mass is 9.91. The molecular weight excluding hydrogens is 653 g/mol. The van der Waals surface area contributed by atoms with E-state index in [1.165, 1.54) is 66.0 Å². The van der Waals surface area contributed by atoms with Crippen LogP contribution >= 0.6 is 0 Å². The minimum Gasteiger partial charge on any atom is -0.310 e. The number of aromatic nitrogens is 1. The van der Waals surface area contributed by atoms with Crippen molar-refractivity contribution in [2.24, 2.45) is 0 Å². The monoisotopic (exact) mass is 688 g/mol. The fourth-order valence-electron chi connectivity index (χ4n) is 8.08. The molecule has 1 aromatic heterocycles. The van der Waals surface area contributed by atoms with Crippen LogP contribution in [0.25, 0.3) is 71.6 Å². The first-order valence-electron chi connectivity index (χ1n) is 18.5. The second kappa shape index (κ2) is 13.4. The van der Waals surface area contributed by atoms with E-state index in [2.05, 4.69) is 228 Å². The van der Waals surface area contributed by atoms with Gasteiger partial charge in [-0.1, -0.05) is 164 Å². The molecule has 0 bridgehead atoms. The molecule has 0 saturated heterocycles. The van der Waals surface area contributed by atoms with E-state index < -0.39 is 0 Å². The summed E-state index contributed by atoms with van der Waals surface area (Å²) in [6.45, 7) is 0. The summed E-state index contributed by atoms with van der Waals surface area (Å²) in [5.74, 6) is 0. The van der Waals surface area contributed by atoms with Crippen molar-refractivity contribution in [3.8, 4) is 39.1 Å². The lowest BCUT2D eigenvalue weighted by Crippen LogP contribution is -2.10. The van der Waals surface area contributed by atoms with Crippen LogP contribution < -0.4 is 4.90 Å². The summed E-state index contributed by atoms with van der Waals surface area (Å²) in [7, 11) is 0. The molecule has 0 spiro atoms. The maximum Gasteiger partial charge on any atom is 0.0541 e. The maximum atomic E-state index is 2.38. The van der Waals surface area contributed by atoms with Crippen LogP contribution in [0.15, 0.2) is 218 Å². The average molecular weight is 689 g/mol. The average Bonchev–Trinajstić information content (AvgIpc) is 3.59. The number of hydrogen-bond donors (Lipinski definition) is 0. The summed E-state index contributed by atoms with van der Waals surface area (Å²) in [6, 6.07) is 78.7. The van der Waals surface area contributed by atoms with E-state index in [4.69, 9.17) is 0 Å². The van der Waals surface area contributed by atoms with E-state index in [1.54, 1.807) is 0 Å². The Kier molecular flexibility index (Phi) is 7.85. The molecule has 0 aliphatic heterocycles. The molecule has 0 saturated carbocycles. The smallest absolute Gasteiger partial charge is 0.0541 e. The largest absolute Gasteiger partial charge is 0.310 e. The number of para-hydroxylation sites is 3. The molecule has 2 nitrogen and oxygen atoms in total. The standard InChI is InChI=1S/C52H36N2/c1-3-14-39(15-4-1)46-24-11-16-41-17-12-25-47(52(41)46)40-30-28-37(29-31-40)38-32-34-43(35-33-38)53(42-18-5-2-6-19-42)44-20-13-21-45(36-44)54-50-26-9-7-22-48(50)49-23-8-10-27-51(49)54/h1-36H. The van der Waals surface area contributed by atoms with Crippen molar-refractivity contribution in [1.82, 2.24) is 4.57 Å². The minimum atomic E-state index is 1.10. The van der Waals surface area contributed by atoms with Crippen molar-refractivity contribution >= 4 is 49.6 Å². The van der Waals surface area contributed by atoms with Crippen LogP contribution in [0.2, 0.25) is 0 Å². The first-order chi connectivity index (χ1) is 26.8. The molecular formula is C52H36N2. The van der Waals surface area contributed by atoms with Gasteiger partial charge < -0.3 is 9.47 Å². The van der Waals surface area contributed by atoms with E-state index in [9.17, 15) is 0 Å². The minimum absolute atomic E-state index is 1.10. The van der Waals surface area contributed by atoms with Gasteiger partial charge in [0.25, 0.3) is 0 Å². The van der Waals surface area contributed by atoms with Crippen molar-refractivity contribution in [2.75, 3.05) is 4.90 Å². The van der Waals surface area contributed by atoms with Gasteiger partial charge in [-0.25, -0.2) is 0 Å². The van der Waals surface area contributed by atoms with Crippen LogP contribution in [-0.4, -0.2) is 4.57 Å². The molecule has 0 aliphatic rings. The summed E-state index contributed by atoms with van der Waals surface area (Å²) < 4.78 is 2.38. The van der Waals surface area contributed by atoms with Crippen LogP contribution in [0.5, 0.6) is 0 Å². The normalized spacial score (nSPS) is 11.3. The number of nitrogens with zero attached hydrogens (tertiary/aromatic N) is 2. The quantitative estimate of drug-likeness (QED) is 0.162. The molecule has 54 heavy (non-hydrogen) atoms. The molecule has 0 amide bonds. The zero-order valence-corrected chi connectivity index (χ0v) is 29.7. The molecule has 0 fully saturated rings. The number of rotatable bonds is 7. The molecule has 254 valence electrons. The molecule has 2 heteroatoms. The summed E-state index contributed by atoms with van der Waals surface area (Å²) in [6.07, 6.45) is 0. The molecule has 0 N–H and O–H groups in total. The maximum absolute atomic E-state index is 2.38. The molecule has 0 aliphatic carbocycles. The predicted molar refractivity (Wildman–Crippen MR) is 229 cm³/mol. The predicted octanol–water partition coefficient (Wildman–Crippen LogP) is 14.4. The van der Waals surface area contributed by atoms with Gasteiger partial charge in [0.15, 0.2) is 0 Å². The van der Waals surface area contributed by atoms with Crippen molar-refractivity contribution < 1.29 is 0 Å². The van der Waals surface area contributed by atoms with Crippen LogP contribution in [-0.2, 0) is 0 Å². The summed E-state index contributed by atoms with van der Waals surface area (Å²) in [4.78, 5) is 2.34. The Morgan fingerprint density at radius 3 is 1.41 bits per heavy atom. The fourth-order valence-corrected chi connectivity index (χ4v) is 8.08. The fraction of sp³-hybridized carbons (Fsp3) is 0. The summed E-state index contributed by atoms with van der Waals surface area (Å²) >= 11 is 0. The first kappa shape index (κ1) is 31.6. The summed E-state index contributed by atoms with van der Waals surface area (Å²) in [5.41, 5.74) is 14.2. The Bertz CT molecular complexity index is 2850. The molecule has 10 rings (SSSR count). The highest BCUT2D eigenvalue weighted by Gasteiger charge is 2.17. The third kappa shape index (κ3) is 5.53. The molecule has 0 unspecified atom stereocenters. The van der Waals surface area contributed by atoms with E-state index >= 15 is 0 Å². The molecule has 10 aromatic rings. The van der Waals surface area contributed by atoms with Crippen molar-refractivity contribution in [3.05, 3.63) is 218 Å². The molecule has 0 radical (unpaired) electrons. The van der Waals surface area contributed by atoms with Crippen LogP contribution in [0.3, 0.4) is 0 Å². The van der Waals surface area contributed by atoms with Gasteiger partial charge in [0, 0.05) is 33.5 Å². The Labute approximate surface area is 315 Å². The van der Waals surface area contributed by atoms with Gasteiger partial charge in [-0.05, 0) is 98.8 Å². The lowest BCUT2D eigenvalue weighted by Gasteiger charge is -2.26. The van der Waals surface area contributed by atoms with Crippen molar-refractivity contribution in [2.45, 2.75) is 0 Å².